The molecule has 0 radical (unpaired) electrons. The topological polar surface area (TPSA) is 59.1 Å². The Bertz CT molecular complexity index is 363. The predicted octanol–water partition coefficient (Wildman–Crippen LogP) is 0.966. The van der Waals surface area contributed by atoms with Crippen LogP contribution in [0.2, 0.25) is 0 Å². The third-order valence-corrected chi connectivity index (χ3v) is 3.14. The first-order valence-corrected chi connectivity index (χ1v) is 6.02. The maximum atomic E-state index is 5.31. The molecule has 1 unspecified atom stereocenters. The van der Waals surface area contributed by atoms with Crippen molar-refractivity contribution in [3.63, 3.8) is 0 Å². The van der Waals surface area contributed by atoms with Crippen LogP contribution < -0.4 is 10.6 Å². The van der Waals surface area contributed by atoms with E-state index < -0.39 is 0 Å². The van der Waals surface area contributed by atoms with E-state index in [4.69, 9.17) is 4.74 Å². The monoisotopic (exact) mass is 236 g/mol. The van der Waals surface area contributed by atoms with Crippen LogP contribution in [0.15, 0.2) is 12.3 Å². The summed E-state index contributed by atoms with van der Waals surface area (Å²) in [5.74, 6) is 1.66. The van der Waals surface area contributed by atoms with Crippen LogP contribution in [0, 0.1) is 6.92 Å². The standard InChI is InChI=1S/C12H20N4O/c1-10-13-7-4-11(16-10)14-8-12(9-17-2)5-3-6-15-12/h4,7,15H,3,5-6,8-9H2,1-2H3,(H,13,14,16). The largest absolute Gasteiger partial charge is 0.383 e. The first kappa shape index (κ1) is 12.3. The second kappa shape index (κ2) is 5.42. The molecule has 5 nitrogen and oxygen atoms in total. The van der Waals surface area contributed by atoms with Crippen molar-refractivity contribution in [1.82, 2.24) is 15.3 Å². The number of nitrogens with zero attached hydrogens (tertiary/aromatic N) is 2. The number of aromatic nitrogens is 2. The SMILES string of the molecule is COCC1(CNc2ccnc(C)n2)CCCN1. The Hall–Kier alpha value is -1.20. The molecule has 0 saturated carbocycles. The fourth-order valence-corrected chi connectivity index (χ4v) is 2.28. The highest BCUT2D eigenvalue weighted by Gasteiger charge is 2.33. The number of hydrogen-bond donors (Lipinski definition) is 2. The van der Waals surface area contributed by atoms with E-state index in [-0.39, 0.29) is 5.54 Å². The average Bonchev–Trinajstić information content (AvgIpc) is 2.76. The van der Waals surface area contributed by atoms with E-state index in [1.807, 2.05) is 13.0 Å². The average molecular weight is 236 g/mol. The normalized spacial score (nSPS) is 23.9. The molecule has 1 aliphatic heterocycles. The van der Waals surface area contributed by atoms with Gasteiger partial charge in [-0.3, -0.25) is 0 Å². The molecular weight excluding hydrogens is 216 g/mol. The summed E-state index contributed by atoms with van der Waals surface area (Å²) in [7, 11) is 1.75. The summed E-state index contributed by atoms with van der Waals surface area (Å²) in [5.41, 5.74) is 0.0492. The molecule has 0 bridgehead atoms. The van der Waals surface area contributed by atoms with Crippen LogP contribution in [0.5, 0.6) is 0 Å². The van der Waals surface area contributed by atoms with E-state index >= 15 is 0 Å². The van der Waals surface area contributed by atoms with Gasteiger partial charge in [-0.1, -0.05) is 0 Å². The maximum Gasteiger partial charge on any atom is 0.129 e. The second-order valence-corrected chi connectivity index (χ2v) is 4.59. The van der Waals surface area contributed by atoms with Crippen molar-refractivity contribution in [3.8, 4) is 0 Å². The van der Waals surface area contributed by atoms with Crippen LogP contribution in [0.3, 0.4) is 0 Å². The lowest BCUT2D eigenvalue weighted by Gasteiger charge is -2.29. The molecule has 1 atom stereocenters. The highest BCUT2D eigenvalue weighted by molar-refractivity contribution is 5.33. The van der Waals surface area contributed by atoms with E-state index in [1.54, 1.807) is 13.3 Å². The molecule has 1 saturated heterocycles. The first-order valence-electron chi connectivity index (χ1n) is 6.02. The number of anilines is 1. The second-order valence-electron chi connectivity index (χ2n) is 4.59. The van der Waals surface area contributed by atoms with Crippen LogP contribution in [-0.2, 0) is 4.74 Å². The number of aryl methyl sites for hydroxylation is 1. The molecule has 2 heterocycles. The van der Waals surface area contributed by atoms with E-state index in [9.17, 15) is 0 Å². The first-order chi connectivity index (χ1) is 8.24. The predicted molar refractivity (Wildman–Crippen MR) is 67.1 cm³/mol. The van der Waals surface area contributed by atoms with Crippen molar-refractivity contribution < 1.29 is 4.74 Å². The van der Waals surface area contributed by atoms with Crippen molar-refractivity contribution >= 4 is 5.82 Å². The number of methoxy groups -OCH3 is 1. The van der Waals surface area contributed by atoms with E-state index in [1.165, 1.54) is 6.42 Å². The van der Waals surface area contributed by atoms with Gasteiger partial charge in [0.1, 0.15) is 11.6 Å². The Kier molecular flexibility index (Phi) is 3.91. The van der Waals surface area contributed by atoms with E-state index in [0.29, 0.717) is 0 Å². The smallest absolute Gasteiger partial charge is 0.129 e. The lowest BCUT2D eigenvalue weighted by molar-refractivity contribution is 0.127. The molecule has 0 spiro atoms. The molecule has 1 fully saturated rings. The van der Waals surface area contributed by atoms with Crippen molar-refractivity contribution in [1.29, 1.82) is 0 Å². The lowest BCUT2D eigenvalue weighted by Crippen LogP contribution is -2.49. The lowest BCUT2D eigenvalue weighted by atomic mass is 9.99. The van der Waals surface area contributed by atoms with Crippen LogP contribution in [0.1, 0.15) is 18.7 Å². The molecule has 2 N–H and O–H groups in total. The number of ether oxygens (including phenoxy) is 1. The number of rotatable bonds is 5. The highest BCUT2D eigenvalue weighted by Crippen LogP contribution is 2.20. The van der Waals surface area contributed by atoms with Crippen molar-refractivity contribution in [2.24, 2.45) is 0 Å². The minimum Gasteiger partial charge on any atom is -0.383 e. The van der Waals surface area contributed by atoms with Gasteiger partial charge in [0.15, 0.2) is 0 Å². The van der Waals surface area contributed by atoms with Gasteiger partial charge in [0.25, 0.3) is 0 Å². The van der Waals surface area contributed by atoms with Gasteiger partial charge in [0.2, 0.25) is 0 Å². The van der Waals surface area contributed by atoms with Gasteiger partial charge >= 0.3 is 0 Å². The zero-order chi connectivity index (χ0) is 12.1. The van der Waals surface area contributed by atoms with Crippen LogP contribution in [0.25, 0.3) is 0 Å². The minimum absolute atomic E-state index is 0.0492. The summed E-state index contributed by atoms with van der Waals surface area (Å²) < 4.78 is 5.31. The molecule has 1 aliphatic rings. The van der Waals surface area contributed by atoms with E-state index in [2.05, 4.69) is 20.6 Å². The molecule has 0 amide bonds. The maximum absolute atomic E-state index is 5.31. The van der Waals surface area contributed by atoms with Crippen molar-refractivity contribution in [3.05, 3.63) is 18.1 Å². The zero-order valence-electron chi connectivity index (χ0n) is 10.5. The van der Waals surface area contributed by atoms with Gasteiger partial charge in [-0.25, -0.2) is 9.97 Å². The summed E-state index contributed by atoms with van der Waals surface area (Å²) in [6, 6.07) is 1.89. The van der Waals surface area contributed by atoms with Gasteiger partial charge < -0.3 is 15.4 Å². The molecule has 5 heteroatoms. The van der Waals surface area contributed by atoms with Gasteiger partial charge in [-0.05, 0) is 32.4 Å². The molecule has 1 aromatic heterocycles. The summed E-state index contributed by atoms with van der Waals surface area (Å²) in [4.78, 5) is 8.42. The fourth-order valence-electron chi connectivity index (χ4n) is 2.28. The highest BCUT2D eigenvalue weighted by atomic mass is 16.5. The molecule has 17 heavy (non-hydrogen) atoms. The molecule has 2 rings (SSSR count). The summed E-state index contributed by atoms with van der Waals surface area (Å²) in [6.45, 7) is 4.51. The molecule has 0 aromatic carbocycles. The third-order valence-electron chi connectivity index (χ3n) is 3.14. The summed E-state index contributed by atoms with van der Waals surface area (Å²) in [6.07, 6.45) is 4.11. The van der Waals surface area contributed by atoms with Gasteiger partial charge in [-0.2, -0.15) is 0 Å². The Morgan fingerprint density at radius 1 is 1.59 bits per heavy atom. The molecule has 0 aliphatic carbocycles. The Labute approximate surface area is 102 Å². The van der Waals surface area contributed by atoms with Gasteiger partial charge in [-0.15, -0.1) is 0 Å². The number of hydrogen-bond acceptors (Lipinski definition) is 5. The summed E-state index contributed by atoms with van der Waals surface area (Å²) in [5, 5.41) is 6.88. The van der Waals surface area contributed by atoms with E-state index in [0.717, 1.165) is 37.8 Å². The molecular formula is C12H20N4O. The quantitative estimate of drug-likeness (QED) is 0.797. The van der Waals surface area contributed by atoms with Gasteiger partial charge in [0, 0.05) is 19.9 Å². The Balaban J connectivity index is 1.95. The van der Waals surface area contributed by atoms with Crippen LogP contribution in [0.4, 0.5) is 5.82 Å². The minimum atomic E-state index is 0.0492. The Morgan fingerprint density at radius 3 is 3.12 bits per heavy atom. The van der Waals surface area contributed by atoms with Crippen LogP contribution >= 0.6 is 0 Å². The molecule has 1 aromatic rings. The van der Waals surface area contributed by atoms with Crippen molar-refractivity contribution in [2.75, 3.05) is 32.1 Å². The van der Waals surface area contributed by atoms with Gasteiger partial charge in [0.05, 0.1) is 12.1 Å². The zero-order valence-corrected chi connectivity index (χ0v) is 10.5. The third kappa shape index (κ3) is 3.14. The van der Waals surface area contributed by atoms with Crippen molar-refractivity contribution in [2.45, 2.75) is 25.3 Å². The summed E-state index contributed by atoms with van der Waals surface area (Å²) >= 11 is 0. The Morgan fingerprint density at radius 2 is 2.47 bits per heavy atom. The fraction of sp³-hybridized carbons (Fsp3) is 0.667. The van der Waals surface area contributed by atoms with Crippen LogP contribution in [-0.4, -0.2) is 42.3 Å². The number of nitrogens with one attached hydrogen (secondary N) is 2. The molecule has 94 valence electrons.